The topological polar surface area (TPSA) is 58.3 Å². The number of ether oxygens (including phenoxy) is 2. The second-order valence-corrected chi connectivity index (χ2v) is 7.35. The Morgan fingerprint density at radius 3 is 2.52 bits per heavy atom. The van der Waals surface area contributed by atoms with Gasteiger partial charge in [-0.15, -0.1) is 0 Å². The number of aromatic nitrogens is 3. The second kappa shape index (κ2) is 6.91. The molecule has 6 nitrogen and oxygen atoms in total. The normalized spacial score (nSPS) is 12.1. The molecular weight excluding hydrogens is 383 g/mol. The van der Waals surface area contributed by atoms with Crippen molar-refractivity contribution >= 4 is 21.6 Å². The lowest BCUT2D eigenvalue weighted by molar-refractivity contribution is -0.141. The van der Waals surface area contributed by atoms with Crippen molar-refractivity contribution in [2.24, 2.45) is 7.05 Å². The molecule has 0 radical (unpaired) electrons. The Bertz CT molecular complexity index is 1030. The van der Waals surface area contributed by atoms with Crippen LogP contribution in [0.5, 0.6) is 11.6 Å². The first-order valence-electron chi connectivity index (χ1n) is 8.07. The van der Waals surface area contributed by atoms with E-state index >= 15 is 0 Å². The van der Waals surface area contributed by atoms with Crippen LogP contribution in [0.3, 0.4) is 0 Å². The molecule has 2 heterocycles. The molecule has 0 atom stereocenters. The molecule has 3 rings (SSSR count). The summed E-state index contributed by atoms with van der Waals surface area (Å²) in [6.45, 7) is 3.73. The number of hydrogen-bond acceptors (Lipinski definition) is 5. The maximum atomic E-state index is 12.8. The van der Waals surface area contributed by atoms with Crippen LogP contribution in [-0.4, -0.2) is 20.8 Å². The van der Waals surface area contributed by atoms with Gasteiger partial charge in [-0.05, 0) is 23.6 Å². The van der Waals surface area contributed by atoms with Crippen LogP contribution in [0, 0.1) is 0 Å². The lowest BCUT2D eigenvalue weighted by Crippen LogP contribution is -2.18. The maximum absolute atomic E-state index is 12.8. The van der Waals surface area contributed by atoms with E-state index in [4.69, 9.17) is 9.47 Å². The smallest absolute Gasteiger partial charge is 0.435 e. The van der Waals surface area contributed by atoms with Crippen molar-refractivity contribution in [3.05, 3.63) is 39.8 Å². The number of alkyl halides is 3. The number of aryl methyl sites for hydroxylation is 1. The van der Waals surface area contributed by atoms with Crippen molar-refractivity contribution in [3.8, 4) is 11.6 Å². The highest BCUT2D eigenvalue weighted by molar-refractivity contribution is 7.13. The number of halogens is 3. The fraction of sp³-hybridized carbons (Fsp3) is 0.412. The minimum atomic E-state index is -4.56. The van der Waals surface area contributed by atoms with Crippen molar-refractivity contribution in [2.75, 3.05) is 7.11 Å². The van der Waals surface area contributed by atoms with Crippen molar-refractivity contribution in [3.63, 3.8) is 0 Å². The molecule has 0 bridgehead atoms. The average molecular weight is 401 g/mol. The van der Waals surface area contributed by atoms with Gasteiger partial charge in [-0.1, -0.05) is 25.4 Å². The summed E-state index contributed by atoms with van der Waals surface area (Å²) < 4.78 is 52.0. The van der Waals surface area contributed by atoms with E-state index in [0.29, 0.717) is 11.1 Å². The molecule has 27 heavy (non-hydrogen) atoms. The van der Waals surface area contributed by atoms with Gasteiger partial charge in [0.05, 0.1) is 17.2 Å². The van der Waals surface area contributed by atoms with Gasteiger partial charge in [0.2, 0.25) is 5.88 Å². The summed E-state index contributed by atoms with van der Waals surface area (Å²) >= 11 is 1.17. The molecule has 1 aromatic carbocycles. The summed E-state index contributed by atoms with van der Waals surface area (Å²) in [4.78, 5) is 12.8. The summed E-state index contributed by atoms with van der Waals surface area (Å²) in [5, 5.41) is 3.96. The van der Waals surface area contributed by atoms with Crippen LogP contribution >= 0.6 is 11.5 Å². The molecule has 0 spiro atoms. The van der Waals surface area contributed by atoms with E-state index in [-0.39, 0.29) is 24.1 Å². The van der Waals surface area contributed by atoms with Gasteiger partial charge in [0.25, 0.3) is 5.56 Å². The Morgan fingerprint density at radius 1 is 1.26 bits per heavy atom. The Balaban J connectivity index is 1.95. The Hall–Kier alpha value is -2.49. The van der Waals surface area contributed by atoms with Gasteiger partial charge < -0.3 is 9.47 Å². The van der Waals surface area contributed by atoms with Gasteiger partial charge >= 0.3 is 6.18 Å². The number of fused-ring (bicyclic) bond motifs is 1. The number of rotatable bonds is 5. The van der Waals surface area contributed by atoms with E-state index in [1.165, 1.54) is 22.5 Å². The highest BCUT2D eigenvalue weighted by Crippen LogP contribution is 2.32. The Labute approximate surface area is 156 Å². The number of hydrogen-bond donors (Lipinski definition) is 0. The molecular formula is C17H18F3N3O3S. The maximum Gasteiger partial charge on any atom is 0.435 e. The standard InChI is InChI=1S/C17H18F3N3O3S/c1-9(2)11-5-10(25-4)6-12-15(11)16(24)23(27-12)8-26-14-7-13(17(18,19)20)21-22(14)3/h5-7,9H,8H2,1-4H3. The predicted octanol–water partition coefficient (Wildman–Crippen LogP) is 3.98. The summed E-state index contributed by atoms with van der Waals surface area (Å²) in [6.07, 6.45) is -4.56. The lowest BCUT2D eigenvalue weighted by Gasteiger charge is -2.08. The van der Waals surface area contributed by atoms with Crippen molar-refractivity contribution < 1.29 is 22.6 Å². The van der Waals surface area contributed by atoms with E-state index in [1.54, 1.807) is 13.2 Å². The van der Waals surface area contributed by atoms with Crippen LogP contribution in [0.2, 0.25) is 0 Å². The second-order valence-electron chi connectivity index (χ2n) is 6.28. The van der Waals surface area contributed by atoms with Crippen LogP contribution < -0.4 is 15.0 Å². The Kier molecular flexibility index (Phi) is 4.94. The van der Waals surface area contributed by atoms with Crippen LogP contribution in [0.25, 0.3) is 10.1 Å². The lowest BCUT2D eigenvalue weighted by atomic mass is 9.99. The molecule has 3 aromatic rings. The van der Waals surface area contributed by atoms with Crippen LogP contribution in [0.4, 0.5) is 13.2 Å². The van der Waals surface area contributed by atoms with E-state index in [9.17, 15) is 18.0 Å². The molecule has 0 aliphatic rings. The van der Waals surface area contributed by atoms with Gasteiger partial charge in [-0.2, -0.15) is 18.3 Å². The van der Waals surface area contributed by atoms with Crippen molar-refractivity contribution in [2.45, 2.75) is 32.7 Å². The first-order valence-corrected chi connectivity index (χ1v) is 8.85. The fourth-order valence-corrected chi connectivity index (χ4v) is 3.69. The minimum Gasteiger partial charge on any atom is -0.497 e. The molecule has 146 valence electrons. The number of benzene rings is 1. The summed E-state index contributed by atoms with van der Waals surface area (Å²) in [7, 11) is 2.90. The van der Waals surface area contributed by atoms with E-state index in [1.807, 2.05) is 19.9 Å². The molecule has 0 unspecified atom stereocenters. The SMILES string of the molecule is COc1cc(C(C)C)c2c(=O)n(COc3cc(C(F)(F)F)nn3C)sc2c1. The predicted molar refractivity (Wildman–Crippen MR) is 95.6 cm³/mol. The highest BCUT2D eigenvalue weighted by atomic mass is 32.1. The molecule has 2 aromatic heterocycles. The summed E-state index contributed by atoms with van der Waals surface area (Å²) in [5.41, 5.74) is -0.445. The zero-order valence-corrected chi connectivity index (χ0v) is 15.9. The third-order valence-electron chi connectivity index (χ3n) is 4.07. The zero-order valence-electron chi connectivity index (χ0n) is 15.1. The largest absolute Gasteiger partial charge is 0.497 e. The first kappa shape index (κ1) is 19.3. The molecule has 0 amide bonds. The van der Waals surface area contributed by atoms with E-state index in [2.05, 4.69) is 5.10 Å². The van der Waals surface area contributed by atoms with Crippen LogP contribution in [0.1, 0.15) is 31.0 Å². The molecule has 0 saturated heterocycles. The molecule has 0 aliphatic heterocycles. The van der Waals surface area contributed by atoms with Crippen molar-refractivity contribution in [1.29, 1.82) is 0 Å². The minimum absolute atomic E-state index is 0.0756. The van der Waals surface area contributed by atoms with E-state index in [0.717, 1.165) is 21.0 Å². The molecule has 0 N–H and O–H groups in total. The zero-order chi connectivity index (χ0) is 19.9. The monoisotopic (exact) mass is 401 g/mol. The van der Waals surface area contributed by atoms with Crippen molar-refractivity contribution in [1.82, 2.24) is 13.7 Å². The Morgan fingerprint density at radius 2 is 1.96 bits per heavy atom. The third kappa shape index (κ3) is 3.66. The first-order chi connectivity index (χ1) is 12.6. The van der Waals surface area contributed by atoms with Gasteiger partial charge in [-0.3, -0.25) is 4.79 Å². The van der Waals surface area contributed by atoms with Crippen LogP contribution in [0.15, 0.2) is 23.0 Å². The number of methoxy groups -OCH3 is 1. The quantitative estimate of drug-likeness (QED) is 0.649. The average Bonchev–Trinajstić information content (AvgIpc) is 3.12. The van der Waals surface area contributed by atoms with Gasteiger partial charge in [0.1, 0.15) is 5.75 Å². The summed E-state index contributed by atoms with van der Waals surface area (Å²) in [5.74, 6) is 0.668. The van der Waals surface area contributed by atoms with Crippen LogP contribution in [-0.2, 0) is 20.0 Å². The summed E-state index contributed by atoms with van der Waals surface area (Å²) in [6, 6.07) is 4.39. The molecule has 0 aliphatic carbocycles. The van der Waals surface area contributed by atoms with E-state index < -0.39 is 11.9 Å². The van der Waals surface area contributed by atoms with Gasteiger partial charge in [0.15, 0.2) is 12.4 Å². The molecule has 0 saturated carbocycles. The number of nitrogens with zero attached hydrogens (tertiary/aromatic N) is 3. The highest BCUT2D eigenvalue weighted by Gasteiger charge is 2.35. The third-order valence-corrected chi connectivity index (χ3v) is 5.08. The molecule has 10 heteroatoms. The van der Waals surface area contributed by atoms with Gasteiger partial charge in [-0.25, -0.2) is 8.64 Å². The van der Waals surface area contributed by atoms with Gasteiger partial charge in [0, 0.05) is 13.1 Å². The molecule has 0 fully saturated rings. The fourth-order valence-electron chi connectivity index (χ4n) is 2.70.